The number of aliphatic hydroxyl groups is 1. The van der Waals surface area contributed by atoms with Crippen LogP contribution in [-0.2, 0) is 13.2 Å². The van der Waals surface area contributed by atoms with Crippen molar-refractivity contribution in [2.24, 2.45) is 0 Å². The molecule has 0 saturated heterocycles. The van der Waals surface area contributed by atoms with Crippen LogP contribution in [0.25, 0.3) is 0 Å². The van der Waals surface area contributed by atoms with Crippen LogP contribution in [0.5, 0.6) is 11.5 Å². The van der Waals surface area contributed by atoms with E-state index in [1.54, 1.807) is 18.2 Å². The van der Waals surface area contributed by atoms with E-state index in [-0.39, 0.29) is 19.0 Å². The van der Waals surface area contributed by atoms with Crippen molar-refractivity contribution in [1.29, 1.82) is 0 Å². The van der Waals surface area contributed by atoms with Gasteiger partial charge in [-0.25, -0.2) is 4.39 Å². The van der Waals surface area contributed by atoms with Gasteiger partial charge in [-0.1, -0.05) is 18.2 Å². The molecule has 142 valence electrons. The fourth-order valence-corrected chi connectivity index (χ4v) is 3.09. The van der Waals surface area contributed by atoms with Crippen LogP contribution in [0.4, 0.5) is 4.39 Å². The van der Waals surface area contributed by atoms with E-state index in [0.717, 1.165) is 29.4 Å². The Morgan fingerprint density at radius 2 is 1.96 bits per heavy atom. The summed E-state index contributed by atoms with van der Waals surface area (Å²) in [4.78, 5) is 0. The van der Waals surface area contributed by atoms with Gasteiger partial charge in [0, 0.05) is 18.7 Å². The first-order valence-electron chi connectivity index (χ1n) is 8.78. The lowest BCUT2D eigenvalue weighted by atomic mass is 10.2. The number of ether oxygens (including phenoxy) is 2. The van der Waals surface area contributed by atoms with Crippen molar-refractivity contribution < 1.29 is 19.0 Å². The van der Waals surface area contributed by atoms with Crippen molar-refractivity contribution in [2.45, 2.75) is 32.9 Å². The molecule has 0 heterocycles. The first-order chi connectivity index (χ1) is 12.7. The molecular formula is C20H25BrFNO3. The third-order valence-electron chi connectivity index (χ3n) is 3.79. The van der Waals surface area contributed by atoms with Crippen molar-refractivity contribution in [3.05, 3.63) is 57.8 Å². The lowest BCUT2D eigenvalue weighted by molar-refractivity contribution is 0.264. The van der Waals surface area contributed by atoms with E-state index in [9.17, 15) is 4.39 Å². The maximum atomic E-state index is 13.8. The fourth-order valence-electron chi connectivity index (χ4n) is 2.49. The first-order valence-corrected chi connectivity index (χ1v) is 9.58. The van der Waals surface area contributed by atoms with Crippen molar-refractivity contribution in [1.82, 2.24) is 5.32 Å². The Bertz CT molecular complexity index is 697. The lowest BCUT2D eigenvalue weighted by Gasteiger charge is -2.16. The average Bonchev–Trinajstić information content (AvgIpc) is 2.62. The molecule has 0 spiro atoms. The van der Waals surface area contributed by atoms with E-state index in [2.05, 4.69) is 21.2 Å². The van der Waals surface area contributed by atoms with Crippen LogP contribution in [0, 0.1) is 5.82 Å². The molecule has 0 amide bonds. The Hall–Kier alpha value is -1.63. The van der Waals surface area contributed by atoms with Crippen molar-refractivity contribution in [3.63, 3.8) is 0 Å². The zero-order valence-electron chi connectivity index (χ0n) is 14.9. The third-order valence-corrected chi connectivity index (χ3v) is 4.38. The van der Waals surface area contributed by atoms with Gasteiger partial charge in [0.1, 0.15) is 12.4 Å². The molecule has 26 heavy (non-hydrogen) atoms. The summed E-state index contributed by atoms with van der Waals surface area (Å²) < 4.78 is 26.1. The fraction of sp³-hybridized carbons (Fsp3) is 0.400. The molecule has 0 unspecified atom stereocenters. The zero-order valence-corrected chi connectivity index (χ0v) is 16.5. The van der Waals surface area contributed by atoms with Crippen molar-refractivity contribution in [2.75, 3.05) is 19.8 Å². The van der Waals surface area contributed by atoms with Crippen LogP contribution in [0.15, 0.2) is 40.9 Å². The maximum absolute atomic E-state index is 13.8. The smallest absolute Gasteiger partial charge is 0.175 e. The van der Waals surface area contributed by atoms with E-state index in [1.165, 1.54) is 6.07 Å². The summed E-state index contributed by atoms with van der Waals surface area (Å²) in [6, 6.07) is 10.5. The third kappa shape index (κ3) is 6.27. The Kier molecular flexibility index (Phi) is 8.88. The SMILES string of the molecule is CCOc1cc(CNCCCCO)cc(Br)c1OCc1ccccc1F. The van der Waals surface area contributed by atoms with Crippen LogP contribution in [0.3, 0.4) is 0 Å². The Morgan fingerprint density at radius 1 is 1.15 bits per heavy atom. The minimum Gasteiger partial charge on any atom is -0.490 e. The molecule has 0 radical (unpaired) electrons. The van der Waals surface area contributed by atoms with Gasteiger partial charge in [-0.05, 0) is 66.0 Å². The minimum atomic E-state index is -0.287. The molecule has 2 aromatic carbocycles. The summed E-state index contributed by atoms with van der Waals surface area (Å²) in [7, 11) is 0. The molecule has 0 aliphatic rings. The van der Waals surface area contributed by atoms with Gasteiger partial charge in [0.2, 0.25) is 0 Å². The van der Waals surface area contributed by atoms with Crippen molar-refractivity contribution in [3.8, 4) is 11.5 Å². The second-order valence-electron chi connectivity index (χ2n) is 5.83. The molecule has 0 aliphatic heterocycles. The lowest BCUT2D eigenvalue weighted by Crippen LogP contribution is -2.15. The van der Waals surface area contributed by atoms with Crippen LogP contribution >= 0.6 is 15.9 Å². The molecule has 0 fully saturated rings. The number of hydrogen-bond donors (Lipinski definition) is 2. The molecule has 0 aromatic heterocycles. The van der Waals surface area contributed by atoms with Crippen LogP contribution in [0.2, 0.25) is 0 Å². The number of rotatable bonds is 11. The number of nitrogens with one attached hydrogen (secondary N) is 1. The van der Waals surface area contributed by atoms with Crippen LogP contribution in [-0.4, -0.2) is 24.9 Å². The van der Waals surface area contributed by atoms with Crippen molar-refractivity contribution >= 4 is 15.9 Å². The summed E-state index contributed by atoms with van der Waals surface area (Å²) >= 11 is 3.53. The predicted octanol–water partition coefficient (Wildman–Crippen LogP) is 4.43. The number of benzene rings is 2. The maximum Gasteiger partial charge on any atom is 0.175 e. The zero-order chi connectivity index (χ0) is 18.8. The molecule has 0 aliphatic carbocycles. The minimum absolute atomic E-state index is 0.129. The van der Waals surface area contributed by atoms with Gasteiger partial charge >= 0.3 is 0 Å². The monoisotopic (exact) mass is 425 g/mol. The highest BCUT2D eigenvalue weighted by molar-refractivity contribution is 9.10. The van der Waals surface area contributed by atoms with E-state index in [0.29, 0.717) is 30.2 Å². The van der Waals surface area contributed by atoms with E-state index in [4.69, 9.17) is 14.6 Å². The largest absolute Gasteiger partial charge is 0.490 e. The average molecular weight is 426 g/mol. The van der Waals surface area contributed by atoms with Gasteiger partial charge in [0.05, 0.1) is 11.1 Å². The normalized spacial score (nSPS) is 10.8. The molecule has 6 heteroatoms. The summed E-state index contributed by atoms with van der Waals surface area (Å²) in [5.41, 5.74) is 1.55. The number of aliphatic hydroxyl groups excluding tert-OH is 1. The number of halogens is 2. The van der Waals surface area contributed by atoms with Gasteiger partial charge in [0.15, 0.2) is 11.5 Å². The molecule has 2 aromatic rings. The molecular weight excluding hydrogens is 401 g/mol. The van der Waals surface area contributed by atoms with Gasteiger partial charge in [0.25, 0.3) is 0 Å². The standard InChI is InChI=1S/C20H25BrFNO3/c1-2-25-19-12-15(13-23-9-5-6-10-24)11-17(21)20(19)26-14-16-7-3-4-8-18(16)22/h3-4,7-8,11-12,23-24H,2,5-6,9-10,13-14H2,1H3. The predicted molar refractivity (Wildman–Crippen MR) is 104 cm³/mol. The second-order valence-corrected chi connectivity index (χ2v) is 6.68. The van der Waals surface area contributed by atoms with Gasteiger partial charge < -0.3 is 19.9 Å². The quantitative estimate of drug-likeness (QED) is 0.522. The Balaban J connectivity index is 2.06. The molecule has 0 atom stereocenters. The molecule has 2 N–H and O–H groups in total. The highest BCUT2D eigenvalue weighted by atomic mass is 79.9. The highest BCUT2D eigenvalue weighted by Gasteiger charge is 2.13. The highest BCUT2D eigenvalue weighted by Crippen LogP contribution is 2.37. The Morgan fingerprint density at radius 3 is 2.69 bits per heavy atom. The Labute approximate surface area is 162 Å². The van der Waals surface area contributed by atoms with E-state index < -0.39 is 0 Å². The summed E-state index contributed by atoms with van der Waals surface area (Å²) in [5, 5.41) is 12.1. The summed E-state index contributed by atoms with van der Waals surface area (Å²) in [5.74, 6) is 0.912. The second kappa shape index (κ2) is 11.2. The van der Waals surface area contributed by atoms with Gasteiger partial charge in [-0.3, -0.25) is 0 Å². The molecule has 0 bridgehead atoms. The van der Waals surface area contributed by atoms with Gasteiger partial charge in [-0.2, -0.15) is 0 Å². The molecule has 4 nitrogen and oxygen atoms in total. The molecule has 2 rings (SSSR count). The summed E-state index contributed by atoms with van der Waals surface area (Å²) in [6.07, 6.45) is 1.73. The van der Waals surface area contributed by atoms with E-state index in [1.807, 2.05) is 19.1 Å². The summed E-state index contributed by atoms with van der Waals surface area (Å²) in [6.45, 7) is 4.30. The number of unbranched alkanes of at least 4 members (excludes halogenated alkanes) is 1. The topological polar surface area (TPSA) is 50.7 Å². The van der Waals surface area contributed by atoms with Crippen LogP contribution < -0.4 is 14.8 Å². The van der Waals surface area contributed by atoms with E-state index >= 15 is 0 Å². The number of hydrogen-bond acceptors (Lipinski definition) is 4. The van der Waals surface area contributed by atoms with Crippen LogP contribution in [0.1, 0.15) is 30.9 Å². The van der Waals surface area contributed by atoms with Gasteiger partial charge in [-0.15, -0.1) is 0 Å². The first kappa shape index (κ1) is 20.7. The molecule has 0 saturated carbocycles.